The molecule has 0 radical (unpaired) electrons. The molecule has 3 rings (SSSR count). The van der Waals surface area contributed by atoms with Crippen LogP contribution in [0.15, 0.2) is 82.8 Å². The van der Waals surface area contributed by atoms with Crippen molar-refractivity contribution in [3.05, 3.63) is 94.5 Å². The smallest absolute Gasteiger partial charge is 0.271 e. The highest BCUT2D eigenvalue weighted by Crippen LogP contribution is 2.24. The van der Waals surface area contributed by atoms with Gasteiger partial charge >= 0.3 is 0 Å². The zero-order chi connectivity index (χ0) is 21.6. The molecule has 0 spiro atoms. The van der Waals surface area contributed by atoms with E-state index in [9.17, 15) is 13.2 Å². The molecule has 0 atom stereocenters. The number of hydrogen-bond donors (Lipinski definition) is 2. The number of amides is 1. The molecule has 0 heterocycles. The maximum absolute atomic E-state index is 12.6. The van der Waals surface area contributed by atoms with Crippen LogP contribution in [0.25, 0.3) is 0 Å². The molecule has 0 bridgehead atoms. The minimum atomic E-state index is -3.94. The molecular weight excluding hydrogens is 424 g/mol. The second-order valence-electron chi connectivity index (χ2n) is 6.05. The summed E-state index contributed by atoms with van der Waals surface area (Å²) >= 11 is 6.00. The quantitative estimate of drug-likeness (QED) is 0.450. The average Bonchev–Trinajstić information content (AvgIpc) is 2.76. The predicted octanol–water partition coefficient (Wildman–Crippen LogP) is 3.78. The summed E-state index contributed by atoms with van der Waals surface area (Å²) in [5.74, 6) is -0.574. The van der Waals surface area contributed by atoms with E-state index < -0.39 is 15.9 Å². The van der Waals surface area contributed by atoms with E-state index in [1.165, 1.54) is 36.5 Å². The Morgan fingerprint density at radius 2 is 1.77 bits per heavy atom. The van der Waals surface area contributed by atoms with Gasteiger partial charge in [-0.15, -0.1) is 0 Å². The lowest BCUT2D eigenvalue weighted by Crippen LogP contribution is -2.19. The Balaban J connectivity index is 1.72. The third-order valence-electron chi connectivity index (χ3n) is 3.94. The summed E-state index contributed by atoms with van der Waals surface area (Å²) in [6, 6.07) is 20.6. The van der Waals surface area contributed by atoms with E-state index in [2.05, 4.69) is 15.2 Å². The van der Waals surface area contributed by atoms with Crippen molar-refractivity contribution < 1.29 is 13.2 Å². The monoisotopic (exact) mass is 438 g/mol. The van der Waals surface area contributed by atoms with E-state index in [-0.39, 0.29) is 21.2 Å². The minimum absolute atomic E-state index is 0.0915. The summed E-state index contributed by atoms with van der Waals surface area (Å²) in [4.78, 5) is 12.2. The molecule has 1 amide bonds. The number of nitrogens with one attached hydrogen (secondary N) is 2. The van der Waals surface area contributed by atoms with Gasteiger partial charge in [0.25, 0.3) is 15.9 Å². The van der Waals surface area contributed by atoms with Crippen LogP contribution in [0.5, 0.6) is 0 Å². The maximum Gasteiger partial charge on any atom is 0.271 e. The summed E-state index contributed by atoms with van der Waals surface area (Å²) in [6.07, 6.45) is 1.42. The highest BCUT2D eigenvalue weighted by molar-refractivity contribution is 7.92. The second-order valence-corrected chi connectivity index (χ2v) is 8.14. The number of nitriles is 1. The van der Waals surface area contributed by atoms with Crippen molar-refractivity contribution in [3.63, 3.8) is 0 Å². The fraction of sp³-hybridized carbons (Fsp3) is 0. The van der Waals surface area contributed by atoms with Gasteiger partial charge in [-0.1, -0.05) is 41.9 Å². The predicted molar refractivity (Wildman–Crippen MR) is 115 cm³/mol. The zero-order valence-electron chi connectivity index (χ0n) is 15.4. The van der Waals surface area contributed by atoms with Crippen molar-refractivity contribution in [3.8, 4) is 6.07 Å². The van der Waals surface area contributed by atoms with Crippen molar-refractivity contribution >= 4 is 39.4 Å². The lowest BCUT2D eigenvalue weighted by atomic mass is 10.2. The molecule has 9 heteroatoms. The molecular formula is C21H15ClN4O3S. The number of nitrogens with zero attached hydrogens (tertiary/aromatic N) is 2. The molecule has 0 aliphatic heterocycles. The summed E-state index contributed by atoms with van der Waals surface area (Å²) in [6.45, 7) is 0. The summed E-state index contributed by atoms with van der Waals surface area (Å²) in [5.41, 5.74) is 3.90. The van der Waals surface area contributed by atoms with E-state index in [0.717, 1.165) is 0 Å². The van der Waals surface area contributed by atoms with E-state index in [1.807, 2.05) is 6.07 Å². The zero-order valence-corrected chi connectivity index (χ0v) is 17.0. The van der Waals surface area contributed by atoms with E-state index in [4.69, 9.17) is 16.9 Å². The second kappa shape index (κ2) is 9.22. The molecule has 0 saturated heterocycles. The normalized spacial score (nSPS) is 11.1. The van der Waals surface area contributed by atoms with Gasteiger partial charge in [0, 0.05) is 5.56 Å². The first kappa shape index (κ1) is 21.0. The van der Waals surface area contributed by atoms with Crippen molar-refractivity contribution in [2.24, 2.45) is 5.10 Å². The number of sulfonamides is 1. The van der Waals surface area contributed by atoms with Crippen LogP contribution in [0.2, 0.25) is 5.02 Å². The lowest BCUT2D eigenvalue weighted by Gasteiger charge is -2.10. The van der Waals surface area contributed by atoms with Crippen LogP contribution in [0.4, 0.5) is 5.69 Å². The lowest BCUT2D eigenvalue weighted by molar-refractivity contribution is 0.0955. The van der Waals surface area contributed by atoms with Crippen LogP contribution in [-0.2, 0) is 10.0 Å². The molecule has 7 nitrogen and oxygen atoms in total. The number of benzene rings is 3. The Morgan fingerprint density at radius 3 is 2.47 bits per heavy atom. The van der Waals surface area contributed by atoms with Crippen molar-refractivity contribution in [2.75, 3.05) is 4.72 Å². The van der Waals surface area contributed by atoms with Crippen LogP contribution in [-0.4, -0.2) is 20.5 Å². The van der Waals surface area contributed by atoms with E-state index in [0.29, 0.717) is 11.1 Å². The first-order valence-electron chi connectivity index (χ1n) is 8.60. The Hall–Kier alpha value is -3.67. The molecule has 30 heavy (non-hydrogen) atoms. The maximum atomic E-state index is 12.6. The van der Waals surface area contributed by atoms with Gasteiger partial charge in [0.05, 0.1) is 33.5 Å². The van der Waals surface area contributed by atoms with Crippen LogP contribution >= 0.6 is 11.6 Å². The fourth-order valence-electron chi connectivity index (χ4n) is 2.43. The first-order chi connectivity index (χ1) is 14.4. The number of rotatable bonds is 6. The Kier molecular flexibility index (Phi) is 6.47. The van der Waals surface area contributed by atoms with Gasteiger partial charge in [-0.3, -0.25) is 9.52 Å². The number of anilines is 1. The highest BCUT2D eigenvalue weighted by atomic mass is 35.5. The summed E-state index contributed by atoms with van der Waals surface area (Å²) in [7, 11) is -3.94. The van der Waals surface area contributed by atoms with Crippen LogP contribution in [0.1, 0.15) is 21.5 Å². The largest absolute Gasteiger partial charge is 0.278 e. The molecule has 0 fully saturated rings. The van der Waals surface area contributed by atoms with Crippen molar-refractivity contribution in [2.45, 2.75) is 4.90 Å². The molecule has 2 N–H and O–H groups in total. The van der Waals surface area contributed by atoms with E-state index in [1.54, 1.807) is 42.5 Å². The van der Waals surface area contributed by atoms with Crippen LogP contribution < -0.4 is 10.1 Å². The summed E-state index contributed by atoms with van der Waals surface area (Å²) < 4.78 is 27.7. The molecule has 3 aromatic rings. The number of halogens is 1. The van der Waals surface area contributed by atoms with Gasteiger partial charge in [0.1, 0.15) is 0 Å². The SMILES string of the molecule is N#Cc1ccc(/C=N\NC(=O)c2cccc(S(=O)(=O)Nc3ccccc3Cl)c2)cc1. The summed E-state index contributed by atoms with van der Waals surface area (Å²) in [5, 5.41) is 12.9. The van der Waals surface area contributed by atoms with Crippen LogP contribution in [0.3, 0.4) is 0 Å². The number of carbonyl (C=O) groups excluding carboxylic acids is 1. The molecule has 0 saturated carbocycles. The van der Waals surface area contributed by atoms with Gasteiger partial charge in [-0.05, 0) is 48.0 Å². The highest BCUT2D eigenvalue weighted by Gasteiger charge is 2.17. The molecule has 0 aromatic heterocycles. The van der Waals surface area contributed by atoms with Gasteiger partial charge < -0.3 is 0 Å². The third kappa shape index (κ3) is 5.23. The Bertz CT molecular complexity index is 1250. The topological polar surface area (TPSA) is 111 Å². The molecule has 0 aliphatic rings. The molecule has 0 aliphatic carbocycles. The number of para-hydroxylation sites is 1. The molecule has 0 unspecified atom stereocenters. The van der Waals surface area contributed by atoms with Crippen LogP contribution in [0, 0.1) is 11.3 Å². The first-order valence-corrected chi connectivity index (χ1v) is 10.5. The fourth-order valence-corrected chi connectivity index (χ4v) is 3.79. The van der Waals surface area contributed by atoms with Gasteiger partial charge in [-0.2, -0.15) is 10.4 Å². The van der Waals surface area contributed by atoms with Gasteiger partial charge in [-0.25, -0.2) is 13.8 Å². The third-order valence-corrected chi connectivity index (χ3v) is 5.64. The van der Waals surface area contributed by atoms with E-state index >= 15 is 0 Å². The Morgan fingerprint density at radius 1 is 1.03 bits per heavy atom. The van der Waals surface area contributed by atoms with Crippen molar-refractivity contribution in [1.82, 2.24) is 5.43 Å². The Labute approximate surface area is 178 Å². The minimum Gasteiger partial charge on any atom is -0.278 e. The average molecular weight is 439 g/mol. The number of carbonyl (C=O) groups is 1. The van der Waals surface area contributed by atoms with Crippen molar-refractivity contribution in [1.29, 1.82) is 5.26 Å². The van der Waals surface area contributed by atoms with Gasteiger partial charge in [0.2, 0.25) is 0 Å². The molecule has 150 valence electrons. The number of hydrogen-bond acceptors (Lipinski definition) is 5. The van der Waals surface area contributed by atoms with Gasteiger partial charge in [0.15, 0.2) is 0 Å². The molecule has 3 aromatic carbocycles. The standard InChI is InChI=1S/C21H15ClN4O3S/c22-19-6-1-2-7-20(19)26-30(28,29)18-5-3-4-17(12-18)21(27)25-24-14-16-10-8-15(13-23)9-11-16/h1-12,14,26H,(H,25,27)/b24-14-. The number of hydrazone groups is 1.